The zero-order chi connectivity index (χ0) is 22.1. The van der Waals surface area contributed by atoms with E-state index in [0.717, 1.165) is 21.3 Å². The number of rotatable bonds is 5. The molecule has 2 atom stereocenters. The Morgan fingerprint density at radius 1 is 1.17 bits per heavy atom. The minimum absolute atomic E-state index is 0.127. The second-order valence-electron chi connectivity index (χ2n) is 8.63. The van der Waals surface area contributed by atoms with Crippen molar-refractivity contribution in [2.75, 3.05) is 7.11 Å². The van der Waals surface area contributed by atoms with Crippen LogP contribution in [-0.2, 0) is 22.6 Å². The van der Waals surface area contributed by atoms with Gasteiger partial charge in [-0.3, -0.25) is 9.59 Å². The maximum absolute atomic E-state index is 13.2. The predicted molar refractivity (Wildman–Crippen MR) is 118 cm³/mol. The van der Waals surface area contributed by atoms with Crippen molar-refractivity contribution in [1.29, 1.82) is 0 Å². The van der Waals surface area contributed by atoms with Crippen LogP contribution in [0, 0.1) is 11.8 Å². The van der Waals surface area contributed by atoms with Crippen LogP contribution in [0.25, 0.3) is 0 Å². The number of esters is 1. The molecule has 0 saturated carbocycles. The number of hydrogen-bond donors (Lipinski definition) is 0. The quantitative estimate of drug-likeness (QED) is 0.430. The molecule has 0 fully saturated rings. The molecular formula is C24H27BrO5. The number of benzene rings is 2. The highest BCUT2D eigenvalue weighted by molar-refractivity contribution is 9.10. The number of ketones is 1. The lowest BCUT2D eigenvalue weighted by atomic mass is 9.75. The van der Waals surface area contributed by atoms with Crippen LogP contribution in [0.15, 0.2) is 40.9 Å². The number of fused-ring (bicyclic) bond motifs is 1. The molecule has 0 radical (unpaired) electrons. The summed E-state index contributed by atoms with van der Waals surface area (Å²) in [5, 5.41) is 0. The first kappa shape index (κ1) is 22.3. The van der Waals surface area contributed by atoms with Crippen LogP contribution < -0.4 is 9.47 Å². The van der Waals surface area contributed by atoms with Gasteiger partial charge >= 0.3 is 5.97 Å². The van der Waals surface area contributed by atoms with Gasteiger partial charge in [0.15, 0.2) is 5.78 Å². The van der Waals surface area contributed by atoms with Gasteiger partial charge in [-0.2, -0.15) is 0 Å². The van der Waals surface area contributed by atoms with Crippen LogP contribution in [0.4, 0.5) is 0 Å². The molecule has 160 valence electrons. The summed E-state index contributed by atoms with van der Waals surface area (Å²) in [6.07, 6.45) is 0.627. The SMILES string of the molecule is COc1ccc(COc2cc3c(cc2Br)CC(C)C(C(=O)OC(C)(C)C)C3=O)cc1. The molecule has 2 aromatic rings. The van der Waals surface area contributed by atoms with E-state index in [1.54, 1.807) is 33.9 Å². The molecule has 2 aromatic carbocycles. The molecule has 6 heteroatoms. The molecule has 0 aliphatic heterocycles. The first-order valence-electron chi connectivity index (χ1n) is 9.94. The highest BCUT2D eigenvalue weighted by Gasteiger charge is 2.41. The van der Waals surface area contributed by atoms with Gasteiger partial charge in [0, 0.05) is 5.56 Å². The van der Waals surface area contributed by atoms with Crippen LogP contribution in [-0.4, -0.2) is 24.5 Å². The minimum atomic E-state index is -0.799. The molecule has 30 heavy (non-hydrogen) atoms. The van der Waals surface area contributed by atoms with Gasteiger partial charge in [0.05, 0.1) is 11.6 Å². The van der Waals surface area contributed by atoms with E-state index < -0.39 is 17.5 Å². The van der Waals surface area contributed by atoms with Gasteiger partial charge in [0.2, 0.25) is 0 Å². The maximum atomic E-state index is 13.2. The maximum Gasteiger partial charge on any atom is 0.317 e. The van der Waals surface area contributed by atoms with E-state index in [0.29, 0.717) is 24.3 Å². The number of methoxy groups -OCH3 is 1. The van der Waals surface area contributed by atoms with Gasteiger partial charge in [0.1, 0.15) is 29.6 Å². The standard InChI is InChI=1S/C24H27BrO5/c1-14-10-16-11-19(25)20(29-13-15-6-8-17(28-5)9-7-15)12-18(16)22(26)21(14)23(27)30-24(2,3)4/h6-9,11-12,14,21H,10,13H2,1-5H3. The summed E-state index contributed by atoms with van der Waals surface area (Å²) in [5.41, 5.74) is 1.78. The number of Topliss-reactive ketones (excluding diaryl/α,β-unsaturated/α-hetero) is 1. The third kappa shape index (κ3) is 5.04. The van der Waals surface area contributed by atoms with Crippen LogP contribution >= 0.6 is 15.9 Å². The minimum Gasteiger partial charge on any atom is -0.497 e. The van der Waals surface area contributed by atoms with Crippen molar-refractivity contribution in [3.63, 3.8) is 0 Å². The Morgan fingerprint density at radius 2 is 1.83 bits per heavy atom. The number of hydrogen-bond acceptors (Lipinski definition) is 5. The third-order valence-corrected chi connectivity index (χ3v) is 5.65. The third-order valence-electron chi connectivity index (χ3n) is 5.03. The number of carbonyl (C=O) groups is 2. The lowest BCUT2D eigenvalue weighted by Gasteiger charge is -2.31. The summed E-state index contributed by atoms with van der Waals surface area (Å²) in [7, 11) is 1.62. The average Bonchev–Trinajstić information content (AvgIpc) is 2.65. The lowest BCUT2D eigenvalue weighted by Crippen LogP contribution is -2.40. The molecule has 0 amide bonds. The van der Waals surface area contributed by atoms with Crippen molar-refractivity contribution in [1.82, 2.24) is 0 Å². The Hall–Kier alpha value is -2.34. The van der Waals surface area contributed by atoms with E-state index >= 15 is 0 Å². The summed E-state index contributed by atoms with van der Waals surface area (Å²) in [6.45, 7) is 7.68. The molecule has 0 N–H and O–H groups in total. The van der Waals surface area contributed by atoms with Gasteiger partial charge in [-0.1, -0.05) is 19.1 Å². The Labute approximate surface area is 185 Å². The van der Waals surface area contributed by atoms with E-state index in [9.17, 15) is 9.59 Å². The fourth-order valence-electron chi connectivity index (χ4n) is 3.58. The lowest BCUT2D eigenvalue weighted by molar-refractivity contribution is -0.159. The topological polar surface area (TPSA) is 61.8 Å². The molecule has 1 aliphatic carbocycles. The molecule has 1 aliphatic rings. The summed E-state index contributed by atoms with van der Waals surface area (Å²) < 4.78 is 17.4. The normalized spacial score (nSPS) is 18.5. The first-order chi connectivity index (χ1) is 14.1. The zero-order valence-corrected chi connectivity index (χ0v) is 19.5. The molecule has 3 rings (SSSR count). The Kier molecular flexibility index (Phi) is 6.56. The first-order valence-corrected chi connectivity index (χ1v) is 10.7. The Balaban J connectivity index is 1.81. The van der Waals surface area contributed by atoms with Crippen molar-refractivity contribution in [2.24, 2.45) is 11.8 Å². The fourth-order valence-corrected chi connectivity index (χ4v) is 4.09. The summed E-state index contributed by atoms with van der Waals surface area (Å²) >= 11 is 3.55. The number of ether oxygens (including phenoxy) is 3. The molecule has 2 unspecified atom stereocenters. The van der Waals surface area contributed by atoms with Crippen LogP contribution in [0.5, 0.6) is 11.5 Å². The van der Waals surface area contributed by atoms with Crippen molar-refractivity contribution >= 4 is 27.7 Å². The highest BCUT2D eigenvalue weighted by atomic mass is 79.9. The van der Waals surface area contributed by atoms with Crippen molar-refractivity contribution < 1.29 is 23.8 Å². The predicted octanol–water partition coefficient (Wildman–Crippen LogP) is 5.37. The highest BCUT2D eigenvalue weighted by Crippen LogP contribution is 2.37. The van der Waals surface area contributed by atoms with Crippen LogP contribution in [0.2, 0.25) is 0 Å². The molecule has 0 saturated heterocycles. The van der Waals surface area contributed by atoms with Gasteiger partial charge in [0.25, 0.3) is 0 Å². The smallest absolute Gasteiger partial charge is 0.317 e. The van der Waals surface area contributed by atoms with Gasteiger partial charge < -0.3 is 14.2 Å². The molecule has 5 nitrogen and oxygen atoms in total. The van der Waals surface area contributed by atoms with E-state index in [1.807, 2.05) is 37.3 Å². The van der Waals surface area contributed by atoms with Gasteiger partial charge in [-0.25, -0.2) is 0 Å². The average molecular weight is 475 g/mol. The van der Waals surface area contributed by atoms with Gasteiger partial charge in [-0.15, -0.1) is 0 Å². The van der Waals surface area contributed by atoms with Crippen molar-refractivity contribution in [3.8, 4) is 11.5 Å². The molecule has 0 spiro atoms. The number of carbonyl (C=O) groups excluding carboxylic acids is 2. The van der Waals surface area contributed by atoms with Gasteiger partial charge in [-0.05, 0) is 84.4 Å². The second-order valence-corrected chi connectivity index (χ2v) is 9.49. The van der Waals surface area contributed by atoms with E-state index in [-0.39, 0.29) is 11.7 Å². The molecule has 0 bridgehead atoms. The number of halogens is 1. The van der Waals surface area contributed by atoms with Crippen LogP contribution in [0.1, 0.15) is 49.2 Å². The van der Waals surface area contributed by atoms with Crippen LogP contribution in [0.3, 0.4) is 0 Å². The molecule has 0 aromatic heterocycles. The molecule has 0 heterocycles. The Bertz CT molecular complexity index is 943. The zero-order valence-electron chi connectivity index (χ0n) is 18.0. The monoisotopic (exact) mass is 474 g/mol. The van der Waals surface area contributed by atoms with E-state index in [2.05, 4.69) is 15.9 Å². The second kappa shape index (κ2) is 8.80. The van der Waals surface area contributed by atoms with Crippen molar-refractivity contribution in [3.05, 3.63) is 57.6 Å². The summed E-state index contributed by atoms with van der Waals surface area (Å²) in [4.78, 5) is 25.8. The van der Waals surface area contributed by atoms with E-state index in [1.165, 1.54) is 0 Å². The molecular weight excluding hydrogens is 448 g/mol. The summed E-state index contributed by atoms with van der Waals surface area (Å²) in [5.74, 6) is -0.253. The fraction of sp³-hybridized carbons (Fsp3) is 0.417. The largest absolute Gasteiger partial charge is 0.497 e. The Morgan fingerprint density at radius 3 is 2.43 bits per heavy atom. The van der Waals surface area contributed by atoms with Crippen molar-refractivity contribution in [2.45, 2.75) is 46.3 Å². The summed E-state index contributed by atoms with van der Waals surface area (Å²) in [6, 6.07) is 11.2. The van der Waals surface area contributed by atoms with E-state index in [4.69, 9.17) is 14.2 Å².